The number of hydrogen-bond donors (Lipinski definition) is 0. The second kappa shape index (κ2) is 6.75. The standard InChI is InChI=1S/C15H20N4O4S2/c20-15-18-11-13(25(21,22)17-5-8-24-9-6-17)3-4-14(18)16-19(15)10-12-2-1-7-23-12/h3-4,11-12H,1-2,5-10H2. The molecule has 0 bridgehead atoms. The summed E-state index contributed by atoms with van der Waals surface area (Å²) in [4.78, 5) is 12.7. The Morgan fingerprint density at radius 3 is 2.80 bits per heavy atom. The molecule has 0 spiro atoms. The molecule has 4 rings (SSSR count). The minimum Gasteiger partial charge on any atom is -0.376 e. The number of fused-ring (bicyclic) bond motifs is 1. The van der Waals surface area contributed by atoms with E-state index in [1.165, 1.54) is 25.7 Å². The molecule has 25 heavy (non-hydrogen) atoms. The van der Waals surface area contributed by atoms with Crippen LogP contribution >= 0.6 is 11.8 Å². The fourth-order valence-electron chi connectivity index (χ4n) is 3.19. The number of thioether (sulfide) groups is 1. The van der Waals surface area contributed by atoms with Gasteiger partial charge in [0.15, 0.2) is 5.65 Å². The third kappa shape index (κ3) is 3.23. The topological polar surface area (TPSA) is 85.9 Å². The summed E-state index contributed by atoms with van der Waals surface area (Å²) in [5, 5.41) is 4.29. The van der Waals surface area contributed by atoms with Crippen molar-refractivity contribution in [2.24, 2.45) is 0 Å². The minimum atomic E-state index is -3.58. The Balaban J connectivity index is 1.67. The van der Waals surface area contributed by atoms with E-state index in [0.717, 1.165) is 24.3 Å². The van der Waals surface area contributed by atoms with Crippen molar-refractivity contribution in [2.45, 2.75) is 30.4 Å². The van der Waals surface area contributed by atoms with Gasteiger partial charge in [-0.05, 0) is 25.0 Å². The zero-order valence-electron chi connectivity index (χ0n) is 13.7. The van der Waals surface area contributed by atoms with Gasteiger partial charge in [-0.2, -0.15) is 16.1 Å². The first-order chi connectivity index (χ1) is 12.1. The van der Waals surface area contributed by atoms with Crippen LogP contribution in [0.5, 0.6) is 0 Å². The maximum atomic E-state index is 12.8. The summed E-state index contributed by atoms with van der Waals surface area (Å²) < 4.78 is 35.3. The maximum absolute atomic E-state index is 12.8. The molecular weight excluding hydrogens is 364 g/mol. The molecule has 1 atom stereocenters. The Labute approximate surface area is 149 Å². The van der Waals surface area contributed by atoms with E-state index in [0.29, 0.717) is 31.9 Å². The lowest BCUT2D eigenvalue weighted by Gasteiger charge is -2.25. The van der Waals surface area contributed by atoms with E-state index in [1.807, 2.05) is 0 Å². The predicted octanol–water partition coefficient (Wildman–Crippen LogP) is 0.413. The molecule has 2 aromatic rings. The van der Waals surface area contributed by atoms with Crippen LogP contribution in [0.3, 0.4) is 0 Å². The second-order valence-electron chi connectivity index (χ2n) is 6.21. The molecule has 10 heteroatoms. The Morgan fingerprint density at radius 2 is 2.08 bits per heavy atom. The highest BCUT2D eigenvalue weighted by molar-refractivity contribution is 7.99. The highest BCUT2D eigenvalue weighted by atomic mass is 32.2. The van der Waals surface area contributed by atoms with Crippen LogP contribution in [0.4, 0.5) is 0 Å². The first kappa shape index (κ1) is 17.1. The van der Waals surface area contributed by atoms with E-state index >= 15 is 0 Å². The molecule has 2 saturated heterocycles. The SMILES string of the molecule is O=c1n(CC2CCCO2)nc2ccc(S(=O)(=O)N3CCSCC3)cn12. The van der Waals surface area contributed by atoms with Crippen LogP contribution in [-0.4, -0.2) is 64.2 Å². The lowest BCUT2D eigenvalue weighted by Crippen LogP contribution is -2.38. The summed E-state index contributed by atoms with van der Waals surface area (Å²) in [6.07, 6.45) is 3.28. The smallest absolute Gasteiger partial charge is 0.350 e. The molecule has 0 aromatic carbocycles. The van der Waals surface area contributed by atoms with Gasteiger partial charge in [0.05, 0.1) is 17.5 Å². The molecule has 1 unspecified atom stereocenters. The molecular formula is C15H20N4O4S2. The molecule has 2 aromatic heterocycles. The van der Waals surface area contributed by atoms with Crippen molar-refractivity contribution in [1.29, 1.82) is 0 Å². The predicted molar refractivity (Wildman–Crippen MR) is 94.5 cm³/mol. The number of pyridine rings is 1. The highest BCUT2D eigenvalue weighted by Gasteiger charge is 2.27. The monoisotopic (exact) mass is 384 g/mol. The lowest BCUT2D eigenvalue weighted by molar-refractivity contribution is 0.0931. The molecule has 0 N–H and O–H groups in total. The van der Waals surface area contributed by atoms with E-state index < -0.39 is 10.0 Å². The maximum Gasteiger partial charge on any atom is 0.350 e. The largest absolute Gasteiger partial charge is 0.376 e. The molecule has 2 fully saturated rings. The number of aromatic nitrogens is 3. The van der Waals surface area contributed by atoms with Gasteiger partial charge in [0.2, 0.25) is 10.0 Å². The summed E-state index contributed by atoms with van der Waals surface area (Å²) in [5.41, 5.74) is 0.105. The normalized spacial score (nSPS) is 22.6. The van der Waals surface area contributed by atoms with E-state index in [-0.39, 0.29) is 16.7 Å². The van der Waals surface area contributed by atoms with Gasteiger partial charge in [-0.1, -0.05) is 0 Å². The quantitative estimate of drug-likeness (QED) is 0.759. The summed E-state index contributed by atoms with van der Waals surface area (Å²) in [6.45, 7) is 2.10. The van der Waals surface area contributed by atoms with Gasteiger partial charge in [-0.3, -0.25) is 0 Å². The van der Waals surface area contributed by atoms with E-state index in [2.05, 4.69) is 5.10 Å². The van der Waals surface area contributed by atoms with Gasteiger partial charge in [-0.15, -0.1) is 5.10 Å². The zero-order valence-corrected chi connectivity index (χ0v) is 15.3. The first-order valence-electron chi connectivity index (χ1n) is 8.34. The van der Waals surface area contributed by atoms with Crippen LogP contribution in [0.15, 0.2) is 28.0 Å². The zero-order chi connectivity index (χ0) is 17.4. The number of rotatable bonds is 4. The van der Waals surface area contributed by atoms with E-state index in [1.54, 1.807) is 17.8 Å². The fraction of sp³-hybridized carbons (Fsp3) is 0.600. The third-order valence-electron chi connectivity index (χ3n) is 4.56. The van der Waals surface area contributed by atoms with Gasteiger partial charge in [0, 0.05) is 37.4 Å². The summed E-state index contributed by atoms with van der Waals surface area (Å²) >= 11 is 1.75. The molecule has 2 aliphatic heterocycles. The van der Waals surface area contributed by atoms with Gasteiger partial charge in [0.25, 0.3) is 0 Å². The van der Waals surface area contributed by atoms with Crippen molar-refractivity contribution >= 4 is 27.4 Å². The molecule has 4 heterocycles. The van der Waals surface area contributed by atoms with Crippen LogP contribution in [0.25, 0.3) is 5.65 Å². The van der Waals surface area contributed by atoms with Gasteiger partial charge in [-0.25, -0.2) is 22.3 Å². The van der Waals surface area contributed by atoms with Gasteiger partial charge in [0.1, 0.15) is 0 Å². The average molecular weight is 384 g/mol. The van der Waals surface area contributed by atoms with Crippen LogP contribution in [0.2, 0.25) is 0 Å². The van der Waals surface area contributed by atoms with Crippen LogP contribution < -0.4 is 5.69 Å². The number of sulfonamides is 1. The van der Waals surface area contributed by atoms with Crippen LogP contribution in [-0.2, 0) is 21.3 Å². The van der Waals surface area contributed by atoms with Gasteiger partial charge < -0.3 is 4.74 Å². The van der Waals surface area contributed by atoms with Crippen molar-refractivity contribution in [1.82, 2.24) is 18.5 Å². The molecule has 8 nitrogen and oxygen atoms in total. The Hall–Kier alpha value is -1.36. The molecule has 0 aliphatic carbocycles. The average Bonchev–Trinajstić information content (AvgIpc) is 3.24. The van der Waals surface area contributed by atoms with Crippen molar-refractivity contribution < 1.29 is 13.2 Å². The molecule has 136 valence electrons. The summed E-state index contributed by atoms with van der Waals surface area (Å²) in [6, 6.07) is 3.11. The van der Waals surface area contributed by atoms with E-state index in [9.17, 15) is 13.2 Å². The van der Waals surface area contributed by atoms with Crippen molar-refractivity contribution in [3.63, 3.8) is 0 Å². The number of nitrogens with zero attached hydrogens (tertiary/aromatic N) is 4. The van der Waals surface area contributed by atoms with Crippen molar-refractivity contribution in [2.75, 3.05) is 31.2 Å². The van der Waals surface area contributed by atoms with Gasteiger partial charge >= 0.3 is 5.69 Å². The second-order valence-corrected chi connectivity index (χ2v) is 9.37. The third-order valence-corrected chi connectivity index (χ3v) is 7.38. The van der Waals surface area contributed by atoms with Crippen molar-refractivity contribution in [3.05, 3.63) is 28.8 Å². The molecule has 0 radical (unpaired) electrons. The highest BCUT2D eigenvalue weighted by Crippen LogP contribution is 2.20. The lowest BCUT2D eigenvalue weighted by atomic mass is 10.2. The molecule has 0 saturated carbocycles. The number of hydrogen-bond acceptors (Lipinski definition) is 6. The summed E-state index contributed by atoms with van der Waals surface area (Å²) in [5.74, 6) is 1.58. The molecule has 0 amide bonds. The first-order valence-corrected chi connectivity index (χ1v) is 10.9. The number of ether oxygens (including phenoxy) is 1. The van der Waals surface area contributed by atoms with Crippen molar-refractivity contribution in [3.8, 4) is 0 Å². The summed E-state index contributed by atoms with van der Waals surface area (Å²) in [7, 11) is -3.58. The Bertz CT molecular complexity index is 925. The Kier molecular flexibility index (Phi) is 4.61. The van der Waals surface area contributed by atoms with Crippen LogP contribution in [0.1, 0.15) is 12.8 Å². The van der Waals surface area contributed by atoms with Crippen LogP contribution in [0, 0.1) is 0 Å². The van der Waals surface area contributed by atoms with E-state index in [4.69, 9.17) is 4.74 Å². The Morgan fingerprint density at radius 1 is 1.28 bits per heavy atom. The molecule has 2 aliphatic rings. The minimum absolute atomic E-state index is 0.00309. The fourth-order valence-corrected chi connectivity index (χ4v) is 5.76.